The quantitative estimate of drug-likeness (QED) is 0.892. The largest absolute Gasteiger partial charge is 0.480 e. The van der Waals surface area contributed by atoms with Gasteiger partial charge in [-0.15, -0.1) is 0 Å². The minimum Gasteiger partial charge on any atom is -0.480 e. The van der Waals surface area contributed by atoms with E-state index in [2.05, 4.69) is 26.2 Å². The molecule has 1 saturated heterocycles. The number of rotatable bonds is 2. The molecule has 0 spiro atoms. The van der Waals surface area contributed by atoms with Gasteiger partial charge in [0.2, 0.25) is 0 Å². The number of hydrogen-bond acceptors (Lipinski definition) is 3. The van der Waals surface area contributed by atoms with Crippen LogP contribution in [0.1, 0.15) is 17.9 Å². The molecule has 0 bridgehead atoms. The van der Waals surface area contributed by atoms with Gasteiger partial charge in [-0.2, -0.15) is 0 Å². The van der Waals surface area contributed by atoms with Crippen molar-refractivity contribution in [2.45, 2.75) is 18.4 Å². The molecular formula is C14H13BrN2O2. The Labute approximate surface area is 119 Å². The molecule has 2 aromatic rings. The maximum atomic E-state index is 11.3. The lowest BCUT2D eigenvalue weighted by Crippen LogP contribution is -2.34. The summed E-state index contributed by atoms with van der Waals surface area (Å²) in [7, 11) is 0. The highest BCUT2D eigenvalue weighted by Crippen LogP contribution is 2.34. The third kappa shape index (κ3) is 2.13. The minimum absolute atomic E-state index is 0.0250. The molecule has 2 N–H and O–H groups in total. The van der Waals surface area contributed by atoms with Gasteiger partial charge >= 0.3 is 5.97 Å². The number of benzene rings is 1. The van der Waals surface area contributed by atoms with Crippen LogP contribution in [0.2, 0.25) is 0 Å². The van der Waals surface area contributed by atoms with E-state index in [1.54, 1.807) is 6.20 Å². The van der Waals surface area contributed by atoms with Crippen LogP contribution in [-0.2, 0) is 4.79 Å². The van der Waals surface area contributed by atoms with Crippen molar-refractivity contribution in [1.82, 2.24) is 10.3 Å². The highest BCUT2D eigenvalue weighted by Gasteiger charge is 2.34. The Morgan fingerprint density at radius 2 is 2.26 bits per heavy atom. The van der Waals surface area contributed by atoms with Gasteiger partial charge in [0.05, 0.1) is 5.52 Å². The van der Waals surface area contributed by atoms with Crippen molar-refractivity contribution in [3.05, 3.63) is 40.5 Å². The number of halogens is 1. The summed E-state index contributed by atoms with van der Waals surface area (Å²) < 4.78 is 0.984. The third-order valence-electron chi connectivity index (χ3n) is 3.64. The van der Waals surface area contributed by atoms with Gasteiger partial charge < -0.3 is 10.4 Å². The number of aliphatic carboxylic acids is 1. The summed E-state index contributed by atoms with van der Waals surface area (Å²) >= 11 is 3.51. The number of carboxylic acid groups (broad SMARTS) is 1. The Balaban J connectivity index is 2.15. The number of nitrogens with zero attached hydrogens (tertiary/aromatic N) is 1. The molecule has 0 aliphatic carbocycles. The molecule has 0 radical (unpaired) electrons. The van der Waals surface area contributed by atoms with Crippen LogP contribution in [0.25, 0.3) is 10.9 Å². The second-order valence-electron chi connectivity index (χ2n) is 4.70. The fraction of sp³-hybridized carbons (Fsp3) is 0.286. The molecular weight excluding hydrogens is 308 g/mol. The number of pyridine rings is 1. The van der Waals surface area contributed by atoms with E-state index < -0.39 is 12.0 Å². The van der Waals surface area contributed by atoms with Crippen molar-refractivity contribution >= 4 is 32.8 Å². The molecule has 0 saturated carbocycles. The molecule has 5 heteroatoms. The maximum absolute atomic E-state index is 11.3. The van der Waals surface area contributed by atoms with Crippen LogP contribution in [0.15, 0.2) is 34.9 Å². The summed E-state index contributed by atoms with van der Waals surface area (Å²) in [5, 5.41) is 13.3. The molecule has 1 aromatic carbocycles. The zero-order chi connectivity index (χ0) is 13.4. The first-order valence-electron chi connectivity index (χ1n) is 6.18. The maximum Gasteiger partial charge on any atom is 0.321 e. The molecule has 19 heavy (non-hydrogen) atoms. The summed E-state index contributed by atoms with van der Waals surface area (Å²) in [5.41, 5.74) is 1.90. The minimum atomic E-state index is -0.797. The Hall–Kier alpha value is -1.46. The zero-order valence-electron chi connectivity index (χ0n) is 10.1. The summed E-state index contributed by atoms with van der Waals surface area (Å²) in [4.78, 5) is 15.7. The van der Waals surface area contributed by atoms with Crippen molar-refractivity contribution < 1.29 is 9.90 Å². The molecule has 4 nitrogen and oxygen atoms in total. The van der Waals surface area contributed by atoms with Crippen LogP contribution in [0, 0.1) is 0 Å². The first kappa shape index (κ1) is 12.6. The lowest BCUT2D eigenvalue weighted by molar-refractivity contribution is -0.139. The third-order valence-corrected chi connectivity index (χ3v) is 4.33. The van der Waals surface area contributed by atoms with E-state index in [-0.39, 0.29) is 5.92 Å². The predicted octanol–water partition coefficient (Wildman–Crippen LogP) is 2.53. The SMILES string of the molecule is O=C(O)C1NCCC1c1ccc(Br)c2cccnc12. The molecule has 1 aliphatic rings. The molecule has 1 fully saturated rings. The van der Waals surface area contributed by atoms with Gasteiger partial charge in [0.1, 0.15) is 6.04 Å². The van der Waals surface area contributed by atoms with Gasteiger partial charge in [0, 0.05) is 22.0 Å². The number of carbonyl (C=O) groups is 1. The predicted molar refractivity (Wildman–Crippen MR) is 76.2 cm³/mol. The van der Waals surface area contributed by atoms with Crippen LogP contribution in [0.5, 0.6) is 0 Å². The smallest absolute Gasteiger partial charge is 0.321 e. The standard InChI is InChI=1S/C14H13BrN2O2/c15-11-4-3-8(12-10(11)2-1-6-16-12)9-5-7-17-13(9)14(18)19/h1-4,6,9,13,17H,5,7H2,(H,18,19). The monoisotopic (exact) mass is 320 g/mol. The van der Waals surface area contributed by atoms with Crippen LogP contribution >= 0.6 is 15.9 Å². The van der Waals surface area contributed by atoms with Crippen molar-refractivity contribution in [2.24, 2.45) is 0 Å². The lowest BCUT2D eigenvalue weighted by atomic mass is 9.90. The van der Waals surface area contributed by atoms with Gasteiger partial charge in [-0.3, -0.25) is 9.78 Å². The van der Waals surface area contributed by atoms with Crippen LogP contribution < -0.4 is 5.32 Å². The summed E-state index contributed by atoms with van der Waals surface area (Å²) in [6, 6.07) is 7.31. The highest BCUT2D eigenvalue weighted by atomic mass is 79.9. The van der Waals surface area contributed by atoms with Crippen LogP contribution in [0.4, 0.5) is 0 Å². The highest BCUT2D eigenvalue weighted by molar-refractivity contribution is 9.10. The van der Waals surface area contributed by atoms with Crippen LogP contribution in [-0.4, -0.2) is 28.6 Å². The average molecular weight is 321 g/mol. The van der Waals surface area contributed by atoms with Gasteiger partial charge in [-0.25, -0.2) is 0 Å². The van der Waals surface area contributed by atoms with Gasteiger partial charge in [-0.05, 0) is 30.7 Å². The fourth-order valence-corrected chi connectivity index (χ4v) is 3.21. The second kappa shape index (κ2) is 4.90. The van der Waals surface area contributed by atoms with Gasteiger partial charge in [0.15, 0.2) is 0 Å². The van der Waals surface area contributed by atoms with Crippen molar-refractivity contribution in [2.75, 3.05) is 6.54 Å². The van der Waals surface area contributed by atoms with E-state index >= 15 is 0 Å². The second-order valence-corrected chi connectivity index (χ2v) is 5.56. The fourth-order valence-electron chi connectivity index (χ4n) is 2.76. The molecule has 2 unspecified atom stereocenters. The zero-order valence-corrected chi connectivity index (χ0v) is 11.7. The van der Waals surface area contributed by atoms with E-state index in [4.69, 9.17) is 0 Å². The average Bonchev–Trinajstić information content (AvgIpc) is 2.89. The summed E-state index contributed by atoms with van der Waals surface area (Å²) in [5.74, 6) is -0.822. The van der Waals surface area contributed by atoms with E-state index in [0.717, 1.165) is 33.9 Å². The van der Waals surface area contributed by atoms with Crippen molar-refractivity contribution in [3.8, 4) is 0 Å². The number of carboxylic acids is 1. The molecule has 1 aromatic heterocycles. The Morgan fingerprint density at radius 1 is 1.42 bits per heavy atom. The number of hydrogen-bond donors (Lipinski definition) is 2. The van der Waals surface area contributed by atoms with Gasteiger partial charge in [-0.1, -0.05) is 28.1 Å². The molecule has 98 valence electrons. The molecule has 3 rings (SSSR count). The summed E-state index contributed by atoms with van der Waals surface area (Å²) in [6.07, 6.45) is 2.57. The number of aromatic nitrogens is 1. The van der Waals surface area contributed by atoms with Crippen LogP contribution in [0.3, 0.4) is 0 Å². The number of fused-ring (bicyclic) bond motifs is 1. The Kier molecular flexibility index (Phi) is 3.24. The Bertz CT molecular complexity index is 644. The normalized spacial score (nSPS) is 22.8. The van der Waals surface area contributed by atoms with E-state index in [1.165, 1.54) is 0 Å². The van der Waals surface area contributed by atoms with E-state index in [1.807, 2.05) is 24.3 Å². The van der Waals surface area contributed by atoms with E-state index in [0.29, 0.717) is 0 Å². The first-order chi connectivity index (χ1) is 9.18. The van der Waals surface area contributed by atoms with Crippen molar-refractivity contribution in [3.63, 3.8) is 0 Å². The molecule has 2 atom stereocenters. The molecule has 1 aliphatic heterocycles. The number of nitrogens with one attached hydrogen (secondary N) is 1. The molecule has 2 heterocycles. The topological polar surface area (TPSA) is 62.2 Å². The molecule has 0 amide bonds. The van der Waals surface area contributed by atoms with Crippen molar-refractivity contribution in [1.29, 1.82) is 0 Å². The Morgan fingerprint density at radius 3 is 3.05 bits per heavy atom. The first-order valence-corrected chi connectivity index (χ1v) is 6.97. The van der Waals surface area contributed by atoms with Gasteiger partial charge in [0.25, 0.3) is 0 Å². The summed E-state index contributed by atoms with van der Waals surface area (Å²) in [6.45, 7) is 0.728. The lowest BCUT2D eigenvalue weighted by Gasteiger charge is -2.17. The van der Waals surface area contributed by atoms with E-state index in [9.17, 15) is 9.90 Å².